The zero-order chi connectivity index (χ0) is 12.3. The minimum atomic E-state index is 0.682. The van der Waals surface area contributed by atoms with Crippen LogP contribution in [0.4, 0.5) is 0 Å². The van der Waals surface area contributed by atoms with Crippen LogP contribution in [0.5, 0.6) is 0 Å². The van der Waals surface area contributed by atoms with Crippen LogP contribution in [0.1, 0.15) is 32.3 Å². The van der Waals surface area contributed by atoms with Gasteiger partial charge in [-0.15, -0.1) is 0 Å². The van der Waals surface area contributed by atoms with E-state index >= 15 is 0 Å². The van der Waals surface area contributed by atoms with Gasteiger partial charge in [-0.05, 0) is 35.9 Å². The van der Waals surface area contributed by atoms with Crippen LogP contribution in [0, 0.1) is 17.2 Å². The molecule has 2 nitrogen and oxygen atoms in total. The smallest absolute Gasteiger partial charge is 0.0992 e. The molecule has 88 valence electrons. The van der Waals surface area contributed by atoms with E-state index in [4.69, 9.17) is 5.26 Å². The maximum atomic E-state index is 8.93. The van der Waals surface area contributed by atoms with Crippen molar-refractivity contribution in [2.24, 2.45) is 5.92 Å². The van der Waals surface area contributed by atoms with Gasteiger partial charge in [-0.25, -0.2) is 0 Å². The molecule has 2 aromatic rings. The average Bonchev–Trinajstić information content (AvgIpc) is 2.72. The Balaban J connectivity index is 2.31. The van der Waals surface area contributed by atoms with Crippen LogP contribution < -0.4 is 0 Å². The predicted octanol–water partition coefficient (Wildman–Crippen LogP) is 3.95. The number of nitriles is 1. The zero-order valence-corrected chi connectivity index (χ0v) is 10.5. The molecule has 0 saturated heterocycles. The predicted molar refractivity (Wildman–Crippen MR) is 70.7 cm³/mol. The molecular weight excluding hydrogens is 208 g/mol. The molecule has 1 aromatic heterocycles. The number of hydrogen-bond donors (Lipinski definition) is 0. The number of benzene rings is 1. The SMILES string of the molecule is CCCC(C)Cn1ccc2ccc(C#N)cc21. The standard InChI is InChI=1S/C15H18N2/c1-3-4-12(2)11-17-8-7-14-6-5-13(10-16)9-15(14)17/h5-9,12H,3-4,11H2,1-2H3. The monoisotopic (exact) mass is 226 g/mol. The van der Waals surface area contributed by atoms with Crippen LogP contribution in [-0.4, -0.2) is 4.57 Å². The maximum absolute atomic E-state index is 8.93. The summed E-state index contributed by atoms with van der Waals surface area (Å²) in [4.78, 5) is 0. The summed E-state index contributed by atoms with van der Waals surface area (Å²) in [5, 5.41) is 10.1. The van der Waals surface area contributed by atoms with Gasteiger partial charge in [0.25, 0.3) is 0 Å². The van der Waals surface area contributed by atoms with Crippen molar-refractivity contribution in [2.45, 2.75) is 33.2 Å². The summed E-state index contributed by atoms with van der Waals surface area (Å²) in [5.41, 5.74) is 1.91. The van der Waals surface area contributed by atoms with Crippen molar-refractivity contribution >= 4 is 10.9 Å². The summed E-state index contributed by atoms with van der Waals surface area (Å²) < 4.78 is 2.26. The van der Waals surface area contributed by atoms with Gasteiger partial charge in [0, 0.05) is 18.3 Å². The van der Waals surface area contributed by atoms with Crippen LogP contribution >= 0.6 is 0 Å². The van der Waals surface area contributed by atoms with Crippen LogP contribution in [0.15, 0.2) is 30.5 Å². The van der Waals surface area contributed by atoms with Crippen LogP contribution in [0.25, 0.3) is 10.9 Å². The molecule has 0 aliphatic heterocycles. The minimum absolute atomic E-state index is 0.682. The molecule has 0 aliphatic carbocycles. The Kier molecular flexibility index (Phi) is 3.49. The normalized spacial score (nSPS) is 12.5. The molecule has 1 aromatic carbocycles. The van der Waals surface area contributed by atoms with E-state index in [0.29, 0.717) is 5.92 Å². The summed E-state index contributed by atoms with van der Waals surface area (Å²) in [5.74, 6) is 0.682. The second-order valence-electron chi connectivity index (χ2n) is 4.75. The van der Waals surface area contributed by atoms with Gasteiger partial charge in [0.1, 0.15) is 0 Å². The third-order valence-electron chi connectivity index (χ3n) is 3.19. The van der Waals surface area contributed by atoms with Crippen LogP contribution in [-0.2, 0) is 6.54 Å². The van der Waals surface area contributed by atoms with E-state index in [0.717, 1.165) is 12.1 Å². The Bertz CT molecular complexity index is 546. The van der Waals surface area contributed by atoms with Crippen molar-refractivity contribution in [1.82, 2.24) is 4.57 Å². The maximum Gasteiger partial charge on any atom is 0.0992 e. The van der Waals surface area contributed by atoms with E-state index in [1.54, 1.807) is 0 Å². The molecule has 0 amide bonds. The van der Waals surface area contributed by atoms with E-state index in [1.807, 2.05) is 18.2 Å². The molecule has 0 spiro atoms. The number of hydrogen-bond acceptors (Lipinski definition) is 1. The van der Waals surface area contributed by atoms with Gasteiger partial charge in [0.2, 0.25) is 0 Å². The lowest BCUT2D eigenvalue weighted by Gasteiger charge is -2.12. The van der Waals surface area contributed by atoms with Crippen LogP contribution in [0.2, 0.25) is 0 Å². The minimum Gasteiger partial charge on any atom is -0.347 e. The summed E-state index contributed by atoms with van der Waals surface area (Å²) in [6.07, 6.45) is 4.60. The molecule has 0 radical (unpaired) electrons. The Morgan fingerprint density at radius 3 is 2.88 bits per heavy atom. The summed E-state index contributed by atoms with van der Waals surface area (Å²) in [6, 6.07) is 10.2. The van der Waals surface area contributed by atoms with Crippen molar-refractivity contribution in [3.05, 3.63) is 36.0 Å². The van der Waals surface area contributed by atoms with Crippen molar-refractivity contribution in [3.8, 4) is 6.07 Å². The first kappa shape index (κ1) is 11.7. The highest BCUT2D eigenvalue weighted by Crippen LogP contribution is 2.19. The van der Waals surface area contributed by atoms with E-state index < -0.39 is 0 Å². The van der Waals surface area contributed by atoms with Crippen molar-refractivity contribution < 1.29 is 0 Å². The molecule has 1 atom stereocenters. The summed E-state index contributed by atoms with van der Waals surface area (Å²) >= 11 is 0. The highest BCUT2D eigenvalue weighted by atomic mass is 15.0. The largest absolute Gasteiger partial charge is 0.347 e. The highest BCUT2D eigenvalue weighted by Gasteiger charge is 2.06. The van der Waals surface area contributed by atoms with Gasteiger partial charge in [0.05, 0.1) is 11.6 Å². The topological polar surface area (TPSA) is 28.7 Å². The van der Waals surface area contributed by atoms with Gasteiger partial charge in [-0.1, -0.05) is 26.3 Å². The molecule has 0 aliphatic rings. The average molecular weight is 226 g/mol. The molecule has 2 heteroatoms. The third kappa shape index (κ3) is 2.50. The Morgan fingerprint density at radius 1 is 1.35 bits per heavy atom. The molecule has 1 unspecified atom stereocenters. The molecular formula is C15H18N2. The zero-order valence-electron chi connectivity index (χ0n) is 10.5. The Morgan fingerprint density at radius 2 is 2.18 bits per heavy atom. The highest BCUT2D eigenvalue weighted by molar-refractivity contribution is 5.81. The quantitative estimate of drug-likeness (QED) is 0.776. The Hall–Kier alpha value is -1.75. The first-order chi connectivity index (χ1) is 8.24. The molecule has 2 rings (SSSR count). The lowest BCUT2D eigenvalue weighted by Crippen LogP contribution is -2.06. The molecule has 1 heterocycles. The molecule has 0 N–H and O–H groups in total. The number of nitrogens with zero attached hydrogens (tertiary/aromatic N) is 2. The van der Waals surface area contributed by atoms with Gasteiger partial charge < -0.3 is 4.57 Å². The molecule has 17 heavy (non-hydrogen) atoms. The first-order valence-corrected chi connectivity index (χ1v) is 6.23. The Labute approximate surface area is 102 Å². The molecule has 0 bridgehead atoms. The van der Waals surface area contributed by atoms with E-state index in [1.165, 1.54) is 23.7 Å². The second-order valence-corrected chi connectivity index (χ2v) is 4.75. The lowest BCUT2D eigenvalue weighted by molar-refractivity contribution is 0.453. The van der Waals surface area contributed by atoms with Crippen LogP contribution in [0.3, 0.4) is 0 Å². The van der Waals surface area contributed by atoms with Crippen molar-refractivity contribution in [1.29, 1.82) is 5.26 Å². The second kappa shape index (κ2) is 5.05. The fraction of sp³-hybridized carbons (Fsp3) is 0.400. The first-order valence-electron chi connectivity index (χ1n) is 6.23. The van der Waals surface area contributed by atoms with Gasteiger partial charge >= 0.3 is 0 Å². The number of aromatic nitrogens is 1. The van der Waals surface area contributed by atoms with Crippen molar-refractivity contribution in [3.63, 3.8) is 0 Å². The van der Waals surface area contributed by atoms with E-state index in [2.05, 4.69) is 36.7 Å². The fourth-order valence-electron chi connectivity index (χ4n) is 2.33. The fourth-order valence-corrected chi connectivity index (χ4v) is 2.33. The molecule has 0 saturated carbocycles. The van der Waals surface area contributed by atoms with Gasteiger partial charge in [0.15, 0.2) is 0 Å². The van der Waals surface area contributed by atoms with Gasteiger partial charge in [-0.3, -0.25) is 0 Å². The van der Waals surface area contributed by atoms with Gasteiger partial charge in [-0.2, -0.15) is 5.26 Å². The lowest BCUT2D eigenvalue weighted by atomic mass is 10.1. The summed E-state index contributed by atoms with van der Waals surface area (Å²) in [6.45, 7) is 5.54. The van der Waals surface area contributed by atoms with E-state index in [-0.39, 0.29) is 0 Å². The van der Waals surface area contributed by atoms with E-state index in [9.17, 15) is 0 Å². The summed E-state index contributed by atoms with van der Waals surface area (Å²) in [7, 11) is 0. The third-order valence-corrected chi connectivity index (χ3v) is 3.19. The van der Waals surface area contributed by atoms with Crippen molar-refractivity contribution in [2.75, 3.05) is 0 Å². The molecule has 0 fully saturated rings. The number of rotatable bonds is 4. The number of fused-ring (bicyclic) bond motifs is 1.